The number of carbonyl (C=O) groups excluding carboxylic acids is 1. The number of nitrogens with zero attached hydrogens (tertiary/aromatic N) is 1. The molecule has 2 N–H and O–H groups in total. The van der Waals surface area contributed by atoms with Crippen LogP contribution < -0.4 is 5.32 Å². The number of rotatable bonds is 3. The molecule has 0 spiro atoms. The quantitative estimate of drug-likeness (QED) is 0.835. The molecule has 1 aromatic carbocycles. The van der Waals surface area contributed by atoms with E-state index in [0.717, 1.165) is 10.0 Å². The smallest absolute Gasteiger partial charge is 0.264 e. The number of thioether (sulfide) groups is 1. The lowest BCUT2D eigenvalue weighted by Gasteiger charge is -1.95. The first-order chi connectivity index (χ1) is 8.69. The van der Waals surface area contributed by atoms with E-state index in [1.165, 1.54) is 11.8 Å². The van der Waals surface area contributed by atoms with Crippen molar-refractivity contribution in [3.63, 3.8) is 0 Å². The molecule has 0 radical (unpaired) electrons. The fraction of sp³-hybridized carbons (Fsp3) is 0.167. The Morgan fingerprint density at radius 1 is 1.50 bits per heavy atom. The van der Waals surface area contributed by atoms with Crippen LogP contribution in [0.1, 0.15) is 5.56 Å². The van der Waals surface area contributed by atoms with Crippen LogP contribution in [0.15, 0.2) is 38.6 Å². The third-order valence-corrected chi connectivity index (χ3v) is 3.59. The van der Waals surface area contributed by atoms with Crippen molar-refractivity contribution in [2.24, 2.45) is 4.99 Å². The topological polar surface area (TPSA) is 61.7 Å². The number of carbonyl (C=O) groups is 1. The number of amides is 1. The van der Waals surface area contributed by atoms with Gasteiger partial charge in [0.05, 0.1) is 18.1 Å². The number of nitrogens with one attached hydrogen (secondary N) is 1. The fourth-order valence-corrected chi connectivity index (χ4v) is 2.66. The summed E-state index contributed by atoms with van der Waals surface area (Å²) < 4.78 is 0.967. The van der Waals surface area contributed by atoms with Gasteiger partial charge in [0.2, 0.25) is 0 Å². The zero-order chi connectivity index (χ0) is 13.0. The van der Waals surface area contributed by atoms with Crippen molar-refractivity contribution in [1.29, 1.82) is 0 Å². The highest BCUT2D eigenvalue weighted by atomic mass is 79.9. The van der Waals surface area contributed by atoms with Crippen LogP contribution >= 0.6 is 27.7 Å². The molecule has 0 aliphatic carbocycles. The molecule has 6 heteroatoms. The molecule has 1 aliphatic heterocycles. The molecule has 94 valence electrons. The predicted molar refractivity (Wildman–Crippen MR) is 77.2 cm³/mol. The zero-order valence-electron chi connectivity index (χ0n) is 9.39. The summed E-state index contributed by atoms with van der Waals surface area (Å²) in [5.41, 5.74) is 0.949. The van der Waals surface area contributed by atoms with Crippen molar-refractivity contribution in [3.05, 3.63) is 39.2 Å². The molecule has 1 fully saturated rings. The van der Waals surface area contributed by atoms with E-state index in [-0.39, 0.29) is 12.5 Å². The van der Waals surface area contributed by atoms with Crippen molar-refractivity contribution in [1.82, 2.24) is 5.32 Å². The monoisotopic (exact) mass is 326 g/mol. The van der Waals surface area contributed by atoms with Crippen LogP contribution in [0.4, 0.5) is 0 Å². The number of aliphatic imine (C=N–C) groups is 1. The van der Waals surface area contributed by atoms with Gasteiger partial charge in [0, 0.05) is 4.47 Å². The van der Waals surface area contributed by atoms with Crippen LogP contribution in [0.5, 0.6) is 0 Å². The minimum absolute atomic E-state index is 0.0232. The summed E-state index contributed by atoms with van der Waals surface area (Å²) in [5.74, 6) is -0.156. The molecule has 0 saturated carbocycles. The molecule has 1 amide bonds. The second kappa shape index (κ2) is 6.17. The van der Waals surface area contributed by atoms with Crippen LogP contribution in [-0.2, 0) is 4.79 Å². The van der Waals surface area contributed by atoms with Crippen LogP contribution in [0.3, 0.4) is 0 Å². The van der Waals surface area contributed by atoms with Crippen molar-refractivity contribution >= 4 is 44.8 Å². The van der Waals surface area contributed by atoms with E-state index in [1.807, 2.05) is 30.3 Å². The summed E-state index contributed by atoms with van der Waals surface area (Å²) in [4.78, 5) is 16.3. The summed E-state index contributed by atoms with van der Waals surface area (Å²) in [7, 11) is 0. The lowest BCUT2D eigenvalue weighted by Crippen LogP contribution is -2.20. The molecular weight excluding hydrogens is 316 g/mol. The summed E-state index contributed by atoms with van der Waals surface area (Å²) in [5, 5.41) is 11.9. The number of aliphatic hydroxyl groups is 1. The Hall–Kier alpha value is -1.11. The maximum atomic E-state index is 11.7. The molecule has 1 aromatic rings. The maximum absolute atomic E-state index is 11.7. The average molecular weight is 327 g/mol. The van der Waals surface area contributed by atoms with Crippen molar-refractivity contribution in [2.45, 2.75) is 0 Å². The minimum Gasteiger partial charge on any atom is -0.394 e. The molecule has 0 atom stereocenters. The van der Waals surface area contributed by atoms with Gasteiger partial charge in [-0.3, -0.25) is 9.79 Å². The van der Waals surface area contributed by atoms with Gasteiger partial charge < -0.3 is 10.4 Å². The molecule has 4 nitrogen and oxygen atoms in total. The number of aliphatic hydroxyl groups excluding tert-OH is 1. The van der Waals surface area contributed by atoms with Gasteiger partial charge in [-0.05, 0) is 35.5 Å². The summed E-state index contributed by atoms with van der Waals surface area (Å²) in [6.07, 6.45) is 1.81. The van der Waals surface area contributed by atoms with Gasteiger partial charge >= 0.3 is 0 Å². The standard InChI is InChI=1S/C12H11BrN2O2S/c13-9-3-1-2-8(6-9)7-10-11(17)15-12(18-10)14-4-5-16/h1-3,6-7,16H,4-5H2,(H,14,15,17)/b10-7+. The number of hydrogen-bond donors (Lipinski definition) is 2. The Labute approximate surface area is 117 Å². The summed E-state index contributed by atoms with van der Waals surface area (Å²) in [6.45, 7) is 0.275. The summed E-state index contributed by atoms with van der Waals surface area (Å²) in [6, 6.07) is 7.70. The molecule has 0 unspecified atom stereocenters. The molecule has 1 heterocycles. The van der Waals surface area contributed by atoms with Gasteiger partial charge in [-0.2, -0.15) is 0 Å². The van der Waals surface area contributed by atoms with Gasteiger partial charge in [0.1, 0.15) is 0 Å². The molecular formula is C12H11BrN2O2S. The first-order valence-electron chi connectivity index (χ1n) is 5.31. The van der Waals surface area contributed by atoms with E-state index in [2.05, 4.69) is 26.2 Å². The van der Waals surface area contributed by atoms with E-state index >= 15 is 0 Å². The minimum atomic E-state index is -0.156. The lowest BCUT2D eigenvalue weighted by molar-refractivity contribution is -0.115. The highest BCUT2D eigenvalue weighted by Gasteiger charge is 2.23. The molecule has 1 aliphatic rings. The van der Waals surface area contributed by atoms with Crippen molar-refractivity contribution in [3.8, 4) is 0 Å². The fourth-order valence-electron chi connectivity index (χ4n) is 1.40. The van der Waals surface area contributed by atoms with E-state index in [4.69, 9.17) is 5.11 Å². The number of benzene rings is 1. The Morgan fingerprint density at radius 2 is 2.33 bits per heavy atom. The van der Waals surface area contributed by atoms with E-state index in [0.29, 0.717) is 16.6 Å². The normalized spacial score (nSPS) is 19.6. The number of hydrogen-bond acceptors (Lipinski definition) is 4. The van der Waals surface area contributed by atoms with Crippen molar-refractivity contribution in [2.75, 3.05) is 13.2 Å². The van der Waals surface area contributed by atoms with Crippen LogP contribution in [0.2, 0.25) is 0 Å². The van der Waals surface area contributed by atoms with Gasteiger partial charge in [-0.25, -0.2) is 0 Å². The molecule has 1 saturated heterocycles. The van der Waals surface area contributed by atoms with Gasteiger partial charge in [-0.15, -0.1) is 0 Å². The van der Waals surface area contributed by atoms with E-state index in [1.54, 1.807) is 0 Å². The van der Waals surface area contributed by atoms with Gasteiger partial charge in [0.15, 0.2) is 5.17 Å². The zero-order valence-corrected chi connectivity index (χ0v) is 11.8. The number of halogens is 1. The third kappa shape index (κ3) is 3.44. The third-order valence-electron chi connectivity index (χ3n) is 2.15. The Bertz CT molecular complexity index is 529. The highest BCUT2D eigenvalue weighted by molar-refractivity contribution is 9.10. The van der Waals surface area contributed by atoms with E-state index in [9.17, 15) is 4.79 Å². The Kier molecular flexibility index (Phi) is 4.57. The number of amidine groups is 1. The molecule has 0 bridgehead atoms. The summed E-state index contributed by atoms with van der Waals surface area (Å²) >= 11 is 4.67. The first-order valence-corrected chi connectivity index (χ1v) is 6.92. The van der Waals surface area contributed by atoms with Crippen molar-refractivity contribution < 1.29 is 9.90 Å². The van der Waals surface area contributed by atoms with Crippen LogP contribution in [-0.4, -0.2) is 29.3 Å². The Balaban J connectivity index is 2.17. The molecule has 2 rings (SSSR count). The van der Waals surface area contributed by atoms with Crippen LogP contribution in [0.25, 0.3) is 6.08 Å². The molecule has 0 aromatic heterocycles. The van der Waals surface area contributed by atoms with Crippen LogP contribution in [0, 0.1) is 0 Å². The first kappa shape index (κ1) is 13.3. The SMILES string of the molecule is O=C1NC(=NCCO)S/C1=C/c1cccc(Br)c1. The van der Waals surface area contributed by atoms with Gasteiger partial charge in [0.25, 0.3) is 5.91 Å². The highest BCUT2D eigenvalue weighted by Crippen LogP contribution is 2.26. The average Bonchev–Trinajstić information content (AvgIpc) is 2.68. The second-order valence-electron chi connectivity index (χ2n) is 3.53. The molecule has 18 heavy (non-hydrogen) atoms. The largest absolute Gasteiger partial charge is 0.394 e. The maximum Gasteiger partial charge on any atom is 0.264 e. The van der Waals surface area contributed by atoms with Gasteiger partial charge in [-0.1, -0.05) is 28.1 Å². The Morgan fingerprint density at radius 3 is 3.06 bits per heavy atom. The van der Waals surface area contributed by atoms with E-state index < -0.39 is 0 Å². The predicted octanol–water partition coefficient (Wildman–Crippen LogP) is 2.00. The lowest BCUT2D eigenvalue weighted by atomic mass is 10.2. The second-order valence-corrected chi connectivity index (χ2v) is 5.48.